The summed E-state index contributed by atoms with van der Waals surface area (Å²) in [6.07, 6.45) is 1.75. The highest BCUT2D eigenvalue weighted by Crippen LogP contribution is 2.31. The second kappa shape index (κ2) is 6.17. The number of fused-ring (bicyclic) bond motifs is 2. The van der Waals surface area contributed by atoms with Gasteiger partial charge in [0.15, 0.2) is 0 Å². The number of para-hydroxylation sites is 1. The van der Waals surface area contributed by atoms with Crippen molar-refractivity contribution in [2.24, 2.45) is 0 Å². The van der Waals surface area contributed by atoms with Crippen LogP contribution in [0.15, 0.2) is 52.9 Å². The van der Waals surface area contributed by atoms with Crippen molar-refractivity contribution in [2.45, 2.75) is 13.0 Å². The monoisotopic (exact) mass is 371 g/mol. The fraction of sp³-hybridized carbons (Fsp3) is 0.211. The molecule has 4 rings (SSSR count). The number of anilines is 1. The van der Waals surface area contributed by atoms with Gasteiger partial charge in [-0.25, -0.2) is 13.2 Å². The molecule has 0 saturated carbocycles. The highest BCUT2D eigenvalue weighted by molar-refractivity contribution is 7.92. The maximum Gasteiger partial charge on any atom is 0.338 e. The van der Waals surface area contributed by atoms with Crippen LogP contribution in [0.3, 0.4) is 0 Å². The third-order valence-corrected chi connectivity index (χ3v) is 5.57. The lowest BCUT2D eigenvalue weighted by molar-refractivity contribution is 0.0447. The molecule has 0 radical (unpaired) electrons. The fourth-order valence-electron chi connectivity index (χ4n) is 3.17. The molecule has 0 amide bonds. The average molecular weight is 371 g/mol. The van der Waals surface area contributed by atoms with Crippen molar-refractivity contribution in [1.82, 2.24) is 0 Å². The number of sulfonamides is 1. The van der Waals surface area contributed by atoms with Gasteiger partial charge in [0.05, 0.1) is 17.5 Å². The largest absolute Gasteiger partial charge is 0.457 e. The van der Waals surface area contributed by atoms with Gasteiger partial charge < -0.3 is 9.15 Å². The molecule has 1 aromatic heterocycles. The van der Waals surface area contributed by atoms with Crippen LogP contribution in [0.25, 0.3) is 11.0 Å². The van der Waals surface area contributed by atoms with Crippen LogP contribution >= 0.6 is 0 Å². The molecule has 3 aromatic rings. The van der Waals surface area contributed by atoms with Crippen molar-refractivity contribution in [2.75, 3.05) is 17.1 Å². The minimum absolute atomic E-state index is 0.0417. The highest BCUT2D eigenvalue weighted by atomic mass is 32.2. The molecule has 134 valence electrons. The van der Waals surface area contributed by atoms with E-state index in [0.29, 0.717) is 30.0 Å². The van der Waals surface area contributed by atoms with Crippen LogP contribution in [0.5, 0.6) is 0 Å². The molecule has 0 aliphatic carbocycles. The van der Waals surface area contributed by atoms with Gasteiger partial charge in [-0.15, -0.1) is 0 Å². The Balaban J connectivity index is 1.49. The van der Waals surface area contributed by atoms with Crippen molar-refractivity contribution in [3.05, 3.63) is 65.4 Å². The maximum absolute atomic E-state index is 12.3. The lowest BCUT2D eigenvalue weighted by atomic mass is 10.1. The number of rotatable bonds is 4. The molecule has 0 fully saturated rings. The Morgan fingerprint density at radius 1 is 1.19 bits per heavy atom. The standard InChI is InChI=1S/C19H17NO5S/c1-26(22,23)20-9-8-13-10-15(6-7-17(13)20)19(21)24-12-16-11-14-4-2-3-5-18(14)25-16/h2-7,10-11H,8-9,12H2,1H3. The predicted octanol–water partition coefficient (Wildman–Crippen LogP) is 3.11. The van der Waals surface area contributed by atoms with Gasteiger partial charge in [-0.2, -0.15) is 0 Å². The molecule has 7 heteroatoms. The van der Waals surface area contributed by atoms with Gasteiger partial charge in [0.25, 0.3) is 0 Å². The molecular weight excluding hydrogens is 354 g/mol. The van der Waals surface area contributed by atoms with Gasteiger partial charge in [-0.3, -0.25) is 4.31 Å². The molecule has 2 aromatic carbocycles. The van der Waals surface area contributed by atoms with Gasteiger partial charge in [0.2, 0.25) is 10.0 Å². The molecule has 0 spiro atoms. The van der Waals surface area contributed by atoms with E-state index in [1.54, 1.807) is 18.2 Å². The number of carbonyl (C=O) groups is 1. The number of esters is 1. The number of benzene rings is 2. The maximum atomic E-state index is 12.3. The van der Waals surface area contributed by atoms with Crippen molar-refractivity contribution >= 4 is 32.6 Å². The molecule has 0 atom stereocenters. The van der Waals surface area contributed by atoms with Gasteiger partial charge in [0.1, 0.15) is 18.0 Å². The summed E-state index contributed by atoms with van der Waals surface area (Å²) in [6, 6.07) is 14.4. The molecule has 0 unspecified atom stereocenters. The Morgan fingerprint density at radius 3 is 2.77 bits per heavy atom. The van der Waals surface area contributed by atoms with E-state index in [-0.39, 0.29) is 6.61 Å². The normalized spacial score (nSPS) is 13.8. The minimum atomic E-state index is -3.30. The highest BCUT2D eigenvalue weighted by Gasteiger charge is 2.27. The second-order valence-electron chi connectivity index (χ2n) is 6.26. The molecule has 2 heterocycles. The number of ether oxygens (including phenoxy) is 1. The summed E-state index contributed by atoms with van der Waals surface area (Å²) in [7, 11) is -3.30. The van der Waals surface area contributed by atoms with Crippen LogP contribution in [0.1, 0.15) is 21.7 Å². The summed E-state index contributed by atoms with van der Waals surface area (Å²) in [5.74, 6) is 0.107. The fourth-order valence-corrected chi connectivity index (χ4v) is 4.13. The Kier molecular flexibility index (Phi) is 3.96. The first-order valence-corrected chi connectivity index (χ1v) is 10.0. The van der Waals surface area contributed by atoms with Crippen LogP contribution in [0.2, 0.25) is 0 Å². The van der Waals surface area contributed by atoms with E-state index in [9.17, 15) is 13.2 Å². The molecule has 26 heavy (non-hydrogen) atoms. The summed E-state index contributed by atoms with van der Waals surface area (Å²) >= 11 is 0. The zero-order chi connectivity index (χ0) is 18.3. The molecule has 6 nitrogen and oxygen atoms in total. The lowest BCUT2D eigenvalue weighted by Crippen LogP contribution is -2.27. The number of hydrogen-bond donors (Lipinski definition) is 0. The van der Waals surface area contributed by atoms with Crippen molar-refractivity contribution in [3.63, 3.8) is 0 Å². The quantitative estimate of drug-likeness (QED) is 0.659. The number of hydrogen-bond acceptors (Lipinski definition) is 5. The van der Waals surface area contributed by atoms with E-state index in [1.807, 2.05) is 30.3 Å². The van der Waals surface area contributed by atoms with Gasteiger partial charge in [0, 0.05) is 11.9 Å². The zero-order valence-electron chi connectivity index (χ0n) is 14.1. The Hall–Kier alpha value is -2.80. The number of carbonyl (C=O) groups excluding carboxylic acids is 1. The number of nitrogens with zero attached hydrogens (tertiary/aromatic N) is 1. The summed E-state index contributed by atoms with van der Waals surface area (Å²) in [5, 5.41) is 0.956. The first kappa shape index (κ1) is 16.7. The molecule has 1 aliphatic heterocycles. The van der Waals surface area contributed by atoms with E-state index in [0.717, 1.165) is 16.5 Å². The van der Waals surface area contributed by atoms with Gasteiger partial charge in [-0.05, 0) is 42.3 Å². The summed E-state index contributed by atoms with van der Waals surface area (Å²) < 4.78 is 35.9. The first-order chi connectivity index (χ1) is 12.4. The first-order valence-electron chi connectivity index (χ1n) is 8.17. The zero-order valence-corrected chi connectivity index (χ0v) is 15.0. The summed E-state index contributed by atoms with van der Waals surface area (Å²) in [5.41, 5.74) is 2.60. The predicted molar refractivity (Wildman–Crippen MR) is 97.7 cm³/mol. The minimum Gasteiger partial charge on any atom is -0.457 e. The summed E-state index contributed by atoms with van der Waals surface area (Å²) in [6.45, 7) is 0.436. The third kappa shape index (κ3) is 3.06. The van der Waals surface area contributed by atoms with Gasteiger partial charge in [-0.1, -0.05) is 18.2 Å². The van der Waals surface area contributed by atoms with E-state index in [1.165, 1.54) is 10.6 Å². The average Bonchev–Trinajstić information content (AvgIpc) is 3.22. The number of furan rings is 1. The molecule has 1 aliphatic rings. The van der Waals surface area contributed by atoms with Crippen LogP contribution in [0, 0.1) is 0 Å². The van der Waals surface area contributed by atoms with E-state index in [4.69, 9.17) is 9.15 Å². The summed E-state index contributed by atoms with van der Waals surface area (Å²) in [4.78, 5) is 12.3. The van der Waals surface area contributed by atoms with Gasteiger partial charge >= 0.3 is 5.97 Å². The molecular formula is C19H17NO5S. The van der Waals surface area contributed by atoms with Crippen LogP contribution in [-0.2, 0) is 27.8 Å². The Labute approximate surface area is 151 Å². The van der Waals surface area contributed by atoms with Crippen LogP contribution < -0.4 is 4.31 Å². The lowest BCUT2D eigenvalue weighted by Gasteiger charge is -2.16. The van der Waals surface area contributed by atoms with Crippen LogP contribution in [-0.4, -0.2) is 27.2 Å². The van der Waals surface area contributed by atoms with Crippen LogP contribution in [0.4, 0.5) is 5.69 Å². The topological polar surface area (TPSA) is 76.8 Å². The van der Waals surface area contributed by atoms with E-state index in [2.05, 4.69) is 0 Å². The van der Waals surface area contributed by atoms with Crippen molar-refractivity contribution < 1.29 is 22.4 Å². The van der Waals surface area contributed by atoms with E-state index < -0.39 is 16.0 Å². The molecule has 0 N–H and O–H groups in total. The Morgan fingerprint density at radius 2 is 2.00 bits per heavy atom. The van der Waals surface area contributed by atoms with Crippen molar-refractivity contribution in [1.29, 1.82) is 0 Å². The molecule has 0 bridgehead atoms. The second-order valence-corrected chi connectivity index (χ2v) is 8.16. The van der Waals surface area contributed by atoms with E-state index >= 15 is 0 Å². The Bertz CT molecular complexity index is 1070. The smallest absolute Gasteiger partial charge is 0.338 e. The van der Waals surface area contributed by atoms with Crippen molar-refractivity contribution in [3.8, 4) is 0 Å². The third-order valence-electron chi connectivity index (χ3n) is 4.39. The SMILES string of the molecule is CS(=O)(=O)N1CCc2cc(C(=O)OCc3cc4ccccc4o3)ccc21. The molecule has 0 saturated heterocycles.